The molecule has 5 heteroatoms. The fourth-order valence-corrected chi connectivity index (χ4v) is 1.18. The summed E-state index contributed by atoms with van der Waals surface area (Å²) in [7, 11) is 0. The minimum atomic E-state index is -1.10. The molecule has 1 rings (SSSR count). The van der Waals surface area contributed by atoms with E-state index in [9.17, 15) is 18.3 Å². The average Bonchev–Trinajstić information content (AvgIpc) is 2.15. The standard InChI is InChI=1S/C12H16F3NO/c1-7(2)12(3,17)6-16-11-9(14)4-8(13)5-10(11)15/h4-5,7,16-17H,6H2,1-3H3. The van der Waals surface area contributed by atoms with Gasteiger partial charge in [0.05, 0.1) is 5.60 Å². The van der Waals surface area contributed by atoms with E-state index in [0.717, 1.165) is 0 Å². The van der Waals surface area contributed by atoms with E-state index in [1.54, 1.807) is 20.8 Å². The molecule has 0 saturated heterocycles. The van der Waals surface area contributed by atoms with Crippen LogP contribution in [-0.4, -0.2) is 17.3 Å². The molecule has 0 heterocycles. The first-order chi connectivity index (χ1) is 7.74. The minimum absolute atomic E-state index is 0.0237. The average molecular weight is 247 g/mol. The van der Waals surface area contributed by atoms with Gasteiger partial charge < -0.3 is 10.4 Å². The summed E-state index contributed by atoms with van der Waals surface area (Å²) < 4.78 is 39.2. The molecule has 2 N–H and O–H groups in total. The number of hydrogen-bond donors (Lipinski definition) is 2. The van der Waals surface area contributed by atoms with Crippen molar-refractivity contribution in [3.05, 3.63) is 29.6 Å². The van der Waals surface area contributed by atoms with Crippen molar-refractivity contribution in [3.63, 3.8) is 0 Å². The monoisotopic (exact) mass is 247 g/mol. The molecule has 0 fully saturated rings. The van der Waals surface area contributed by atoms with Gasteiger partial charge in [0.15, 0.2) is 11.6 Å². The summed E-state index contributed by atoms with van der Waals surface area (Å²) in [5.74, 6) is -3.08. The fraction of sp³-hybridized carbons (Fsp3) is 0.500. The van der Waals surface area contributed by atoms with E-state index in [4.69, 9.17) is 0 Å². The van der Waals surface area contributed by atoms with Crippen molar-refractivity contribution in [2.75, 3.05) is 11.9 Å². The van der Waals surface area contributed by atoms with Gasteiger partial charge in [-0.15, -0.1) is 0 Å². The van der Waals surface area contributed by atoms with Gasteiger partial charge in [0.1, 0.15) is 11.5 Å². The summed E-state index contributed by atoms with van der Waals surface area (Å²) in [5, 5.41) is 12.4. The summed E-state index contributed by atoms with van der Waals surface area (Å²) in [4.78, 5) is 0. The summed E-state index contributed by atoms with van der Waals surface area (Å²) in [5.41, 5.74) is -1.53. The molecule has 0 aromatic heterocycles. The SMILES string of the molecule is CC(C)C(C)(O)CNc1c(F)cc(F)cc1F. The molecule has 0 aliphatic rings. The van der Waals surface area contributed by atoms with Crippen molar-refractivity contribution in [1.82, 2.24) is 0 Å². The Morgan fingerprint density at radius 2 is 1.71 bits per heavy atom. The zero-order valence-electron chi connectivity index (χ0n) is 10.0. The topological polar surface area (TPSA) is 32.3 Å². The third kappa shape index (κ3) is 3.36. The molecule has 0 aliphatic heterocycles. The lowest BCUT2D eigenvalue weighted by Crippen LogP contribution is -2.39. The Hall–Kier alpha value is -1.23. The molecule has 1 atom stereocenters. The molecular formula is C12H16F3NO. The highest BCUT2D eigenvalue weighted by Crippen LogP contribution is 2.22. The smallest absolute Gasteiger partial charge is 0.152 e. The van der Waals surface area contributed by atoms with Crippen molar-refractivity contribution in [2.24, 2.45) is 5.92 Å². The Morgan fingerprint density at radius 3 is 2.12 bits per heavy atom. The van der Waals surface area contributed by atoms with Crippen molar-refractivity contribution >= 4 is 5.69 Å². The van der Waals surface area contributed by atoms with Crippen LogP contribution in [0.1, 0.15) is 20.8 Å². The Bertz CT molecular complexity index is 382. The third-order valence-electron chi connectivity index (χ3n) is 2.87. The lowest BCUT2D eigenvalue weighted by Gasteiger charge is -2.28. The lowest BCUT2D eigenvalue weighted by atomic mass is 9.92. The van der Waals surface area contributed by atoms with Crippen LogP contribution >= 0.6 is 0 Å². The molecular weight excluding hydrogens is 231 g/mol. The van der Waals surface area contributed by atoms with Gasteiger partial charge in [0.2, 0.25) is 0 Å². The molecule has 1 aromatic carbocycles. The van der Waals surface area contributed by atoms with Crippen LogP contribution in [0, 0.1) is 23.4 Å². The number of halogens is 3. The summed E-state index contributed by atoms with van der Waals surface area (Å²) >= 11 is 0. The maximum absolute atomic E-state index is 13.3. The second kappa shape index (κ2) is 4.96. The van der Waals surface area contributed by atoms with Crippen LogP contribution in [0.3, 0.4) is 0 Å². The van der Waals surface area contributed by atoms with Crippen molar-refractivity contribution in [1.29, 1.82) is 0 Å². The highest BCUT2D eigenvalue weighted by atomic mass is 19.1. The number of hydrogen-bond acceptors (Lipinski definition) is 2. The van der Waals surface area contributed by atoms with E-state index >= 15 is 0 Å². The summed E-state index contributed by atoms with van der Waals surface area (Å²) in [6, 6.07) is 1.19. The molecule has 17 heavy (non-hydrogen) atoms. The largest absolute Gasteiger partial charge is 0.388 e. The second-order valence-electron chi connectivity index (χ2n) is 4.61. The molecule has 0 spiro atoms. The molecule has 0 saturated carbocycles. The highest BCUT2D eigenvalue weighted by molar-refractivity contribution is 5.46. The van der Waals surface area contributed by atoms with Gasteiger partial charge in [0, 0.05) is 18.7 Å². The van der Waals surface area contributed by atoms with Crippen molar-refractivity contribution in [3.8, 4) is 0 Å². The van der Waals surface area contributed by atoms with Crippen molar-refractivity contribution < 1.29 is 18.3 Å². The number of aliphatic hydroxyl groups is 1. The molecule has 0 aliphatic carbocycles. The van der Waals surface area contributed by atoms with Gasteiger partial charge >= 0.3 is 0 Å². The van der Waals surface area contributed by atoms with Crippen LogP contribution in [0.15, 0.2) is 12.1 Å². The fourth-order valence-electron chi connectivity index (χ4n) is 1.18. The Kier molecular flexibility index (Phi) is 4.03. The summed E-state index contributed by atoms with van der Waals surface area (Å²) in [6.07, 6.45) is 0. The maximum Gasteiger partial charge on any atom is 0.152 e. The molecule has 0 amide bonds. The number of nitrogens with one attached hydrogen (secondary N) is 1. The van der Waals surface area contributed by atoms with Crippen LogP contribution in [0.2, 0.25) is 0 Å². The van der Waals surface area contributed by atoms with Gasteiger partial charge in [-0.25, -0.2) is 13.2 Å². The highest BCUT2D eigenvalue weighted by Gasteiger charge is 2.25. The lowest BCUT2D eigenvalue weighted by molar-refractivity contribution is 0.0265. The van der Waals surface area contributed by atoms with Crippen LogP contribution in [0.4, 0.5) is 18.9 Å². The van der Waals surface area contributed by atoms with Crippen LogP contribution in [0.25, 0.3) is 0 Å². The van der Waals surface area contributed by atoms with Gasteiger partial charge in [0.25, 0.3) is 0 Å². The first kappa shape index (κ1) is 13.8. The van der Waals surface area contributed by atoms with Gasteiger partial charge in [-0.3, -0.25) is 0 Å². The molecule has 1 unspecified atom stereocenters. The van der Waals surface area contributed by atoms with E-state index in [0.29, 0.717) is 12.1 Å². The van der Waals surface area contributed by atoms with Crippen LogP contribution in [0.5, 0.6) is 0 Å². The van der Waals surface area contributed by atoms with Gasteiger partial charge in [-0.05, 0) is 12.8 Å². The zero-order chi connectivity index (χ0) is 13.2. The molecule has 0 bridgehead atoms. The van der Waals surface area contributed by atoms with Crippen LogP contribution < -0.4 is 5.32 Å². The second-order valence-corrected chi connectivity index (χ2v) is 4.61. The minimum Gasteiger partial charge on any atom is -0.388 e. The predicted octanol–water partition coefficient (Wildman–Crippen LogP) is 2.92. The van der Waals surface area contributed by atoms with E-state index in [1.165, 1.54) is 0 Å². The number of benzene rings is 1. The molecule has 96 valence electrons. The summed E-state index contributed by atoms with van der Waals surface area (Å²) in [6.45, 7) is 5.12. The maximum atomic E-state index is 13.3. The van der Waals surface area contributed by atoms with E-state index < -0.39 is 28.7 Å². The molecule has 2 nitrogen and oxygen atoms in total. The van der Waals surface area contributed by atoms with E-state index in [-0.39, 0.29) is 12.5 Å². The normalized spacial score (nSPS) is 14.8. The van der Waals surface area contributed by atoms with Gasteiger partial charge in [-0.2, -0.15) is 0 Å². The first-order valence-electron chi connectivity index (χ1n) is 5.35. The predicted molar refractivity (Wildman–Crippen MR) is 60.3 cm³/mol. The van der Waals surface area contributed by atoms with Crippen LogP contribution in [-0.2, 0) is 0 Å². The Morgan fingerprint density at radius 1 is 1.24 bits per heavy atom. The Labute approximate surface area is 98.5 Å². The Balaban J connectivity index is 2.83. The molecule has 1 aromatic rings. The van der Waals surface area contributed by atoms with E-state index in [2.05, 4.69) is 5.32 Å². The first-order valence-corrected chi connectivity index (χ1v) is 5.35. The van der Waals surface area contributed by atoms with E-state index in [1.807, 2.05) is 0 Å². The zero-order valence-corrected chi connectivity index (χ0v) is 10.0. The number of anilines is 1. The van der Waals surface area contributed by atoms with Crippen molar-refractivity contribution in [2.45, 2.75) is 26.4 Å². The number of rotatable bonds is 4. The molecule has 0 radical (unpaired) electrons. The van der Waals surface area contributed by atoms with Gasteiger partial charge in [-0.1, -0.05) is 13.8 Å². The quantitative estimate of drug-likeness (QED) is 0.857. The third-order valence-corrected chi connectivity index (χ3v) is 2.87.